The third kappa shape index (κ3) is 3.70. The highest BCUT2D eigenvalue weighted by Crippen LogP contribution is 2.30. The maximum absolute atomic E-state index is 12.7. The number of aromatic nitrogens is 3. The van der Waals surface area contributed by atoms with Crippen molar-refractivity contribution in [2.75, 3.05) is 6.61 Å². The normalized spacial score (nSPS) is 11.1. The summed E-state index contributed by atoms with van der Waals surface area (Å²) in [6.45, 7) is 7.96. The van der Waals surface area contributed by atoms with Gasteiger partial charge in [0.05, 0.1) is 35.5 Å². The van der Waals surface area contributed by atoms with Crippen LogP contribution in [-0.4, -0.2) is 27.3 Å². The van der Waals surface area contributed by atoms with Crippen LogP contribution in [0.25, 0.3) is 22.3 Å². The molecule has 0 bridgehead atoms. The van der Waals surface area contributed by atoms with Crippen molar-refractivity contribution in [1.29, 1.82) is 5.26 Å². The van der Waals surface area contributed by atoms with Gasteiger partial charge in [0.1, 0.15) is 11.5 Å². The summed E-state index contributed by atoms with van der Waals surface area (Å²) in [4.78, 5) is 17.4. The molecule has 0 aromatic carbocycles. The molecule has 3 heterocycles. The summed E-state index contributed by atoms with van der Waals surface area (Å²) < 4.78 is 12.8. The largest absolute Gasteiger partial charge is 0.466 e. The Morgan fingerprint density at radius 2 is 2.15 bits per heavy atom. The van der Waals surface area contributed by atoms with Crippen LogP contribution in [-0.2, 0) is 4.74 Å². The first kappa shape index (κ1) is 18.6. The van der Waals surface area contributed by atoms with Crippen LogP contribution in [0.15, 0.2) is 22.7 Å². The third-order valence-electron chi connectivity index (χ3n) is 4.26. The summed E-state index contributed by atoms with van der Waals surface area (Å²) in [5, 5.41) is 13.7. The number of carbonyl (C=O) groups excluding carboxylic acids is 1. The van der Waals surface area contributed by atoms with Crippen molar-refractivity contribution < 1.29 is 13.9 Å². The highest BCUT2D eigenvalue weighted by Gasteiger charge is 2.21. The second kappa shape index (κ2) is 7.62. The van der Waals surface area contributed by atoms with E-state index >= 15 is 0 Å². The fraction of sp³-hybridized carbons (Fsp3) is 0.400. The molecule has 0 amide bonds. The van der Waals surface area contributed by atoms with E-state index in [0.29, 0.717) is 35.1 Å². The van der Waals surface area contributed by atoms with Crippen molar-refractivity contribution in [3.63, 3.8) is 0 Å². The lowest BCUT2D eigenvalue weighted by atomic mass is 10.1. The molecule has 0 saturated carbocycles. The molecular formula is C20H22N4O3. The molecule has 0 saturated heterocycles. The van der Waals surface area contributed by atoms with E-state index in [1.54, 1.807) is 16.9 Å². The van der Waals surface area contributed by atoms with Gasteiger partial charge < -0.3 is 9.15 Å². The van der Waals surface area contributed by atoms with E-state index in [2.05, 4.69) is 5.10 Å². The molecule has 140 valence electrons. The van der Waals surface area contributed by atoms with Crippen LogP contribution < -0.4 is 0 Å². The van der Waals surface area contributed by atoms with Crippen molar-refractivity contribution in [3.8, 4) is 17.3 Å². The average Bonchev–Trinajstić information content (AvgIpc) is 3.20. The number of pyridine rings is 1. The van der Waals surface area contributed by atoms with Gasteiger partial charge in [0, 0.05) is 18.0 Å². The number of hydrogen-bond donors (Lipinski definition) is 0. The predicted molar refractivity (Wildman–Crippen MR) is 100 cm³/mol. The summed E-state index contributed by atoms with van der Waals surface area (Å²) in [5.41, 5.74) is 2.52. The van der Waals surface area contributed by atoms with Gasteiger partial charge in [-0.2, -0.15) is 10.4 Å². The van der Waals surface area contributed by atoms with Crippen LogP contribution in [0.3, 0.4) is 0 Å². The third-order valence-corrected chi connectivity index (χ3v) is 4.26. The molecule has 3 aromatic rings. The van der Waals surface area contributed by atoms with Gasteiger partial charge in [-0.3, -0.25) is 0 Å². The number of fused-ring (bicyclic) bond motifs is 1. The Balaban J connectivity index is 2.09. The molecular weight excluding hydrogens is 344 g/mol. The zero-order chi connectivity index (χ0) is 19.6. The molecule has 0 unspecified atom stereocenters. The molecule has 0 fully saturated rings. The first-order valence-electron chi connectivity index (χ1n) is 8.92. The van der Waals surface area contributed by atoms with Crippen molar-refractivity contribution >= 4 is 17.0 Å². The molecule has 0 N–H and O–H groups in total. The topological polar surface area (TPSA) is 93.9 Å². The van der Waals surface area contributed by atoms with E-state index in [1.165, 1.54) is 0 Å². The first-order valence-corrected chi connectivity index (χ1v) is 8.92. The van der Waals surface area contributed by atoms with E-state index in [9.17, 15) is 4.79 Å². The zero-order valence-corrected chi connectivity index (χ0v) is 15.9. The van der Waals surface area contributed by atoms with Crippen molar-refractivity contribution in [3.05, 3.63) is 35.4 Å². The number of hydrogen-bond acceptors (Lipinski definition) is 6. The highest BCUT2D eigenvalue weighted by atomic mass is 16.5. The van der Waals surface area contributed by atoms with E-state index in [4.69, 9.17) is 19.4 Å². The number of carbonyl (C=O) groups is 1. The molecule has 0 aliphatic heterocycles. The highest BCUT2D eigenvalue weighted by molar-refractivity contribution is 6.03. The molecule has 7 heteroatoms. The fourth-order valence-corrected chi connectivity index (χ4v) is 2.98. The quantitative estimate of drug-likeness (QED) is 0.475. The van der Waals surface area contributed by atoms with Crippen molar-refractivity contribution in [2.24, 2.45) is 0 Å². The molecule has 0 radical (unpaired) electrons. The molecule has 27 heavy (non-hydrogen) atoms. The lowest BCUT2D eigenvalue weighted by Gasteiger charge is -2.10. The number of nitriles is 1. The Morgan fingerprint density at radius 3 is 2.78 bits per heavy atom. The van der Waals surface area contributed by atoms with Gasteiger partial charge in [0.25, 0.3) is 0 Å². The fourth-order valence-electron chi connectivity index (χ4n) is 2.98. The van der Waals surface area contributed by atoms with Crippen LogP contribution >= 0.6 is 0 Å². The van der Waals surface area contributed by atoms with Gasteiger partial charge in [0.2, 0.25) is 0 Å². The summed E-state index contributed by atoms with van der Waals surface area (Å²) in [6.07, 6.45) is 2.50. The Labute approximate surface area is 157 Å². The Bertz CT molecular complexity index is 1020. The average molecular weight is 366 g/mol. The number of ether oxygens (including phenoxy) is 1. The maximum Gasteiger partial charge on any atom is 0.339 e. The van der Waals surface area contributed by atoms with Crippen molar-refractivity contribution in [2.45, 2.75) is 46.6 Å². The van der Waals surface area contributed by atoms with E-state index < -0.39 is 5.97 Å². The van der Waals surface area contributed by atoms with Crippen LogP contribution in [0.5, 0.6) is 0 Å². The van der Waals surface area contributed by atoms with E-state index in [1.807, 2.05) is 39.8 Å². The maximum atomic E-state index is 12.7. The standard InChI is InChI=1S/C20H22N4O3/c1-12(2)24-19-17(11-22-24)16(20(25)26-8-6-5-7-21)10-18(23-19)15-9-13(3)27-14(15)4/h9-12H,5-6,8H2,1-4H3. The monoisotopic (exact) mass is 366 g/mol. The lowest BCUT2D eigenvalue weighted by Crippen LogP contribution is -2.09. The molecule has 0 spiro atoms. The SMILES string of the molecule is Cc1cc(-c2cc(C(=O)OCCCC#N)c3cnn(C(C)C)c3n2)c(C)o1. The van der Waals surface area contributed by atoms with Crippen LogP contribution in [0, 0.1) is 25.2 Å². The van der Waals surface area contributed by atoms with Gasteiger partial charge >= 0.3 is 5.97 Å². The molecule has 0 aliphatic rings. The van der Waals surface area contributed by atoms with Crippen LogP contribution in [0.2, 0.25) is 0 Å². The first-order chi connectivity index (χ1) is 12.9. The van der Waals surface area contributed by atoms with Crippen LogP contribution in [0.1, 0.15) is 54.6 Å². The smallest absolute Gasteiger partial charge is 0.339 e. The van der Waals surface area contributed by atoms with Gasteiger partial charge in [-0.1, -0.05) is 0 Å². The minimum absolute atomic E-state index is 0.0944. The van der Waals surface area contributed by atoms with Gasteiger partial charge in [-0.15, -0.1) is 0 Å². The Morgan fingerprint density at radius 1 is 1.37 bits per heavy atom. The number of nitrogens with zero attached hydrogens (tertiary/aromatic N) is 4. The second-order valence-electron chi connectivity index (χ2n) is 6.70. The van der Waals surface area contributed by atoms with E-state index in [-0.39, 0.29) is 12.6 Å². The summed E-state index contributed by atoms with van der Waals surface area (Å²) in [6, 6.07) is 5.76. The molecule has 3 aromatic heterocycles. The predicted octanol–water partition coefficient (Wildman–Crippen LogP) is 4.35. The Hall–Kier alpha value is -3.14. The summed E-state index contributed by atoms with van der Waals surface area (Å²) >= 11 is 0. The molecule has 3 rings (SSSR count). The molecule has 0 atom stereocenters. The van der Waals surface area contributed by atoms with Crippen LogP contribution in [0.4, 0.5) is 0 Å². The Kier molecular flexibility index (Phi) is 5.26. The number of furan rings is 1. The number of esters is 1. The minimum Gasteiger partial charge on any atom is -0.466 e. The number of rotatable bonds is 6. The van der Waals surface area contributed by atoms with Crippen molar-refractivity contribution in [1.82, 2.24) is 14.8 Å². The summed E-state index contributed by atoms with van der Waals surface area (Å²) in [5.74, 6) is 1.08. The lowest BCUT2D eigenvalue weighted by molar-refractivity contribution is 0.0504. The second-order valence-corrected chi connectivity index (χ2v) is 6.70. The van der Waals surface area contributed by atoms with Gasteiger partial charge in [-0.05, 0) is 46.2 Å². The molecule has 7 nitrogen and oxygen atoms in total. The zero-order valence-electron chi connectivity index (χ0n) is 15.9. The molecule has 0 aliphatic carbocycles. The number of aryl methyl sites for hydroxylation is 2. The minimum atomic E-state index is -0.442. The number of unbranched alkanes of at least 4 members (excludes halogenated alkanes) is 1. The summed E-state index contributed by atoms with van der Waals surface area (Å²) in [7, 11) is 0. The van der Waals surface area contributed by atoms with E-state index in [0.717, 1.165) is 17.1 Å². The van der Waals surface area contributed by atoms with Gasteiger partial charge in [-0.25, -0.2) is 14.5 Å². The van der Waals surface area contributed by atoms with Gasteiger partial charge in [0.15, 0.2) is 5.65 Å².